The molecule has 1 aliphatic heterocycles. The Hall–Kier alpha value is -1.95. The zero-order chi connectivity index (χ0) is 19.1. The molecule has 1 amide bonds. The van der Waals surface area contributed by atoms with Crippen LogP contribution in [0.1, 0.15) is 39.2 Å². The van der Waals surface area contributed by atoms with Crippen LogP contribution >= 0.6 is 0 Å². The van der Waals surface area contributed by atoms with E-state index >= 15 is 0 Å². The first-order valence-corrected chi connectivity index (χ1v) is 9.33. The van der Waals surface area contributed by atoms with Gasteiger partial charge >= 0.3 is 5.97 Å². The van der Waals surface area contributed by atoms with Gasteiger partial charge in [-0.25, -0.2) is 4.39 Å². The minimum Gasteiger partial charge on any atom is -0.465 e. The molecule has 1 saturated heterocycles. The molecule has 144 valence electrons. The molecular formula is C20H29FN2O3. The maximum absolute atomic E-state index is 13.4. The molecule has 1 unspecified atom stereocenters. The fourth-order valence-corrected chi connectivity index (χ4v) is 3.39. The van der Waals surface area contributed by atoms with Crippen LogP contribution in [0.15, 0.2) is 24.3 Å². The molecule has 5 nitrogen and oxygen atoms in total. The van der Waals surface area contributed by atoms with Crippen LogP contribution in [0.5, 0.6) is 0 Å². The van der Waals surface area contributed by atoms with Crippen molar-refractivity contribution in [2.75, 3.05) is 26.2 Å². The maximum atomic E-state index is 13.4. The Morgan fingerprint density at radius 3 is 2.81 bits per heavy atom. The van der Waals surface area contributed by atoms with Gasteiger partial charge < -0.3 is 9.64 Å². The molecule has 0 aromatic heterocycles. The first-order valence-electron chi connectivity index (χ1n) is 9.33. The van der Waals surface area contributed by atoms with Gasteiger partial charge in [-0.05, 0) is 57.9 Å². The maximum Gasteiger partial charge on any atom is 0.325 e. The van der Waals surface area contributed by atoms with Crippen LogP contribution in [0.4, 0.5) is 4.39 Å². The van der Waals surface area contributed by atoms with Crippen LogP contribution in [-0.2, 0) is 20.9 Å². The van der Waals surface area contributed by atoms with E-state index in [1.54, 1.807) is 17.9 Å². The smallest absolute Gasteiger partial charge is 0.325 e. The lowest BCUT2D eigenvalue weighted by atomic mass is 9.95. The van der Waals surface area contributed by atoms with E-state index in [9.17, 15) is 14.0 Å². The molecule has 0 radical (unpaired) electrons. The highest BCUT2D eigenvalue weighted by molar-refractivity contribution is 5.84. The summed E-state index contributed by atoms with van der Waals surface area (Å²) in [6.45, 7) is 8.01. The summed E-state index contributed by atoms with van der Waals surface area (Å²) in [4.78, 5) is 28.6. The van der Waals surface area contributed by atoms with Crippen LogP contribution in [0.3, 0.4) is 0 Å². The second kappa shape index (κ2) is 9.67. The van der Waals surface area contributed by atoms with Crippen molar-refractivity contribution in [2.45, 2.75) is 46.2 Å². The Bertz CT molecular complexity index is 621. The van der Waals surface area contributed by atoms with Crippen LogP contribution in [0.2, 0.25) is 0 Å². The van der Waals surface area contributed by atoms with E-state index < -0.39 is 0 Å². The highest BCUT2D eigenvalue weighted by Crippen LogP contribution is 2.22. The Kier molecular flexibility index (Phi) is 7.57. The van der Waals surface area contributed by atoms with Gasteiger partial charge in [0.1, 0.15) is 12.4 Å². The molecular weight excluding hydrogens is 335 g/mol. The number of hydrogen-bond acceptors (Lipinski definition) is 4. The largest absolute Gasteiger partial charge is 0.465 e. The second-order valence-electron chi connectivity index (χ2n) is 7.07. The van der Waals surface area contributed by atoms with Gasteiger partial charge in [-0.1, -0.05) is 12.1 Å². The predicted molar refractivity (Wildman–Crippen MR) is 97.9 cm³/mol. The molecule has 6 heteroatoms. The number of rotatable bonds is 7. The van der Waals surface area contributed by atoms with Crippen LogP contribution < -0.4 is 0 Å². The monoisotopic (exact) mass is 364 g/mol. The first kappa shape index (κ1) is 20.4. The van der Waals surface area contributed by atoms with E-state index in [1.165, 1.54) is 12.1 Å². The molecule has 0 saturated carbocycles. The number of hydrogen-bond donors (Lipinski definition) is 0. The van der Waals surface area contributed by atoms with Gasteiger partial charge in [0.05, 0.1) is 12.5 Å². The molecule has 0 spiro atoms. The molecule has 1 aliphatic rings. The van der Waals surface area contributed by atoms with Crippen LogP contribution in [0, 0.1) is 11.7 Å². The lowest BCUT2D eigenvalue weighted by Crippen LogP contribution is -2.48. The van der Waals surface area contributed by atoms with Gasteiger partial charge in [-0.15, -0.1) is 0 Å². The van der Waals surface area contributed by atoms with E-state index in [1.807, 2.05) is 19.9 Å². The van der Waals surface area contributed by atoms with Gasteiger partial charge in [0.2, 0.25) is 5.91 Å². The zero-order valence-electron chi connectivity index (χ0n) is 15.9. The van der Waals surface area contributed by atoms with Crippen LogP contribution in [0.25, 0.3) is 0 Å². The van der Waals surface area contributed by atoms with Gasteiger partial charge in [-0.3, -0.25) is 14.5 Å². The molecule has 1 aromatic carbocycles. The molecule has 0 N–H and O–H groups in total. The van der Waals surface area contributed by atoms with Crippen molar-refractivity contribution < 1.29 is 18.7 Å². The molecule has 0 bridgehead atoms. The number of carbonyl (C=O) groups excluding carboxylic acids is 2. The summed E-state index contributed by atoms with van der Waals surface area (Å²) in [5.41, 5.74) is 0.908. The van der Waals surface area contributed by atoms with E-state index in [2.05, 4.69) is 4.90 Å². The van der Waals surface area contributed by atoms with Gasteiger partial charge in [0.25, 0.3) is 0 Å². The van der Waals surface area contributed by atoms with Crippen molar-refractivity contribution in [3.63, 3.8) is 0 Å². The summed E-state index contributed by atoms with van der Waals surface area (Å²) in [6.07, 6.45) is 1.72. The second-order valence-corrected chi connectivity index (χ2v) is 7.07. The Labute approximate surface area is 155 Å². The topological polar surface area (TPSA) is 49.9 Å². The SMILES string of the molecule is CCOC(=O)CN(C(=O)C1CCCN(Cc2cccc(F)c2)C1)C(C)C. The van der Waals surface area contributed by atoms with Crippen molar-refractivity contribution in [1.82, 2.24) is 9.80 Å². The third-order valence-corrected chi connectivity index (χ3v) is 4.66. The quantitative estimate of drug-likeness (QED) is 0.698. The highest BCUT2D eigenvalue weighted by atomic mass is 19.1. The van der Waals surface area contributed by atoms with Crippen molar-refractivity contribution in [2.24, 2.45) is 5.92 Å². The van der Waals surface area contributed by atoms with E-state index in [0.717, 1.165) is 24.9 Å². The average molecular weight is 364 g/mol. The fourth-order valence-electron chi connectivity index (χ4n) is 3.39. The van der Waals surface area contributed by atoms with Crippen LogP contribution in [-0.4, -0.2) is 54.0 Å². The average Bonchev–Trinajstić information content (AvgIpc) is 2.59. The third kappa shape index (κ3) is 5.80. The number of halogens is 1. The number of piperidine rings is 1. The fraction of sp³-hybridized carbons (Fsp3) is 0.600. The predicted octanol–water partition coefficient (Wildman–Crippen LogP) is 2.84. The van der Waals surface area contributed by atoms with E-state index in [0.29, 0.717) is 19.7 Å². The third-order valence-electron chi connectivity index (χ3n) is 4.66. The number of likely N-dealkylation sites (tertiary alicyclic amines) is 1. The summed E-state index contributed by atoms with van der Waals surface area (Å²) in [6, 6.07) is 6.51. The number of ether oxygens (including phenoxy) is 1. The molecule has 26 heavy (non-hydrogen) atoms. The van der Waals surface area contributed by atoms with Crippen molar-refractivity contribution in [3.8, 4) is 0 Å². The summed E-state index contributed by atoms with van der Waals surface area (Å²) in [7, 11) is 0. The summed E-state index contributed by atoms with van der Waals surface area (Å²) in [5.74, 6) is -0.763. The standard InChI is InChI=1S/C20H29FN2O3/c1-4-26-19(24)14-23(15(2)3)20(25)17-8-6-10-22(13-17)12-16-7-5-9-18(21)11-16/h5,7,9,11,15,17H,4,6,8,10,12-14H2,1-3H3. The van der Waals surface area contributed by atoms with E-state index in [4.69, 9.17) is 4.74 Å². The highest BCUT2D eigenvalue weighted by Gasteiger charge is 2.31. The molecule has 1 atom stereocenters. The van der Waals surface area contributed by atoms with E-state index in [-0.39, 0.29) is 36.2 Å². The molecule has 0 aliphatic carbocycles. The van der Waals surface area contributed by atoms with Crippen molar-refractivity contribution in [3.05, 3.63) is 35.6 Å². The van der Waals surface area contributed by atoms with Gasteiger partial charge in [0, 0.05) is 19.1 Å². The normalized spacial score (nSPS) is 18.0. The lowest BCUT2D eigenvalue weighted by molar-refractivity contribution is -0.152. The first-order chi connectivity index (χ1) is 12.4. The zero-order valence-corrected chi connectivity index (χ0v) is 15.9. The molecule has 1 heterocycles. The van der Waals surface area contributed by atoms with Gasteiger partial charge in [0.15, 0.2) is 0 Å². The minimum atomic E-state index is -0.373. The summed E-state index contributed by atoms with van der Waals surface area (Å²) >= 11 is 0. The molecule has 2 rings (SSSR count). The van der Waals surface area contributed by atoms with Crippen molar-refractivity contribution >= 4 is 11.9 Å². The number of benzene rings is 1. The minimum absolute atomic E-state index is 0.00278. The molecule has 1 fully saturated rings. The molecule has 1 aromatic rings. The Balaban J connectivity index is 1.99. The number of nitrogens with zero attached hydrogens (tertiary/aromatic N) is 2. The lowest BCUT2D eigenvalue weighted by Gasteiger charge is -2.36. The number of amides is 1. The van der Waals surface area contributed by atoms with Crippen molar-refractivity contribution in [1.29, 1.82) is 0 Å². The van der Waals surface area contributed by atoms with Gasteiger partial charge in [-0.2, -0.15) is 0 Å². The summed E-state index contributed by atoms with van der Waals surface area (Å²) < 4.78 is 18.4. The number of esters is 1. The number of carbonyl (C=O) groups is 2. The summed E-state index contributed by atoms with van der Waals surface area (Å²) in [5, 5.41) is 0. The Morgan fingerprint density at radius 2 is 2.15 bits per heavy atom. The Morgan fingerprint density at radius 1 is 1.38 bits per heavy atom.